The minimum atomic E-state index is -0.758. The fraction of sp³-hybridized carbons (Fsp3) is 0.929. The summed E-state index contributed by atoms with van der Waals surface area (Å²) in [4.78, 5) is 13.3. The molecule has 1 aliphatic heterocycles. The first-order valence-corrected chi connectivity index (χ1v) is 7.17. The van der Waals surface area contributed by atoms with E-state index in [2.05, 4.69) is 6.92 Å². The van der Waals surface area contributed by atoms with Gasteiger partial charge in [-0.25, -0.2) is 9.18 Å². The lowest BCUT2D eigenvalue weighted by Gasteiger charge is -2.36. The summed E-state index contributed by atoms with van der Waals surface area (Å²) in [5.74, 6) is 0. The van der Waals surface area contributed by atoms with Crippen molar-refractivity contribution in [2.24, 2.45) is 0 Å². The molecular weight excluding hydrogens is 233 g/mol. The summed E-state index contributed by atoms with van der Waals surface area (Å²) < 4.78 is 18.2. The third-order valence-corrected chi connectivity index (χ3v) is 3.70. The Morgan fingerprint density at radius 1 is 1.33 bits per heavy atom. The Labute approximate surface area is 110 Å². The number of unbranched alkanes of at least 4 members (excludes halogenated alkanes) is 4. The molecule has 1 fully saturated rings. The monoisotopic (exact) mass is 259 g/mol. The lowest BCUT2D eigenvalue weighted by atomic mass is 9.95. The number of methoxy groups -OCH3 is 1. The predicted octanol–water partition coefficient (Wildman–Crippen LogP) is 3.92. The molecule has 0 aromatic heterocycles. The lowest BCUT2D eigenvalue weighted by Crippen LogP contribution is -2.46. The highest BCUT2D eigenvalue weighted by Crippen LogP contribution is 2.24. The minimum Gasteiger partial charge on any atom is -0.453 e. The molecule has 0 aromatic carbocycles. The van der Waals surface area contributed by atoms with Crippen molar-refractivity contribution in [1.29, 1.82) is 0 Å². The van der Waals surface area contributed by atoms with E-state index in [1.54, 1.807) is 4.90 Å². The summed E-state index contributed by atoms with van der Waals surface area (Å²) in [5.41, 5.74) is 0. The second-order valence-electron chi connectivity index (χ2n) is 5.14. The Bertz CT molecular complexity index is 248. The second-order valence-corrected chi connectivity index (χ2v) is 5.14. The van der Waals surface area contributed by atoms with Crippen LogP contribution in [0, 0.1) is 0 Å². The quantitative estimate of drug-likeness (QED) is 0.677. The number of piperidine rings is 1. The minimum absolute atomic E-state index is 0.0304. The van der Waals surface area contributed by atoms with Crippen LogP contribution in [0.15, 0.2) is 0 Å². The van der Waals surface area contributed by atoms with Crippen LogP contribution in [0.5, 0.6) is 0 Å². The number of amides is 1. The Morgan fingerprint density at radius 3 is 2.72 bits per heavy atom. The highest BCUT2D eigenvalue weighted by atomic mass is 19.1. The van der Waals surface area contributed by atoms with E-state index in [-0.39, 0.29) is 12.1 Å². The molecule has 18 heavy (non-hydrogen) atoms. The maximum Gasteiger partial charge on any atom is 0.409 e. The molecule has 0 N–H and O–H groups in total. The van der Waals surface area contributed by atoms with Gasteiger partial charge in [-0.05, 0) is 19.3 Å². The highest BCUT2D eigenvalue weighted by Gasteiger charge is 2.31. The van der Waals surface area contributed by atoms with Gasteiger partial charge >= 0.3 is 6.09 Å². The van der Waals surface area contributed by atoms with Crippen LogP contribution in [-0.4, -0.2) is 36.9 Å². The predicted molar refractivity (Wildman–Crippen MR) is 70.4 cm³/mol. The number of halogens is 1. The number of ether oxygens (including phenoxy) is 1. The van der Waals surface area contributed by atoms with Gasteiger partial charge in [0, 0.05) is 12.6 Å². The van der Waals surface area contributed by atoms with E-state index < -0.39 is 6.17 Å². The molecule has 1 saturated heterocycles. The summed E-state index contributed by atoms with van der Waals surface area (Å²) in [7, 11) is 1.39. The number of hydrogen-bond donors (Lipinski definition) is 0. The van der Waals surface area contributed by atoms with Crippen molar-refractivity contribution < 1.29 is 13.9 Å². The average molecular weight is 259 g/mol. The van der Waals surface area contributed by atoms with Crippen molar-refractivity contribution in [2.75, 3.05) is 13.7 Å². The zero-order valence-corrected chi connectivity index (χ0v) is 11.7. The van der Waals surface area contributed by atoms with Gasteiger partial charge < -0.3 is 9.64 Å². The molecule has 0 saturated carbocycles. The zero-order chi connectivity index (χ0) is 13.4. The van der Waals surface area contributed by atoms with E-state index in [1.807, 2.05) is 0 Å². The molecule has 3 nitrogen and oxygen atoms in total. The SMILES string of the molecule is CCCCCCCC1CC(F)CCN1C(=O)OC. The number of carbonyl (C=O) groups excluding carboxylic acids is 1. The van der Waals surface area contributed by atoms with E-state index in [9.17, 15) is 9.18 Å². The van der Waals surface area contributed by atoms with Crippen molar-refractivity contribution in [3.05, 3.63) is 0 Å². The van der Waals surface area contributed by atoms with Crippen LogP contribution in [0.3, 0.4) is 0 Å². The molecule has 1 aliphatic rings. The van der Waals surface area contributed by atoms with Gasteiger partial charge in [0.05, 0.1) is 7.11 Å². The molecule has 2 unspecified atom stereocenters. The molecule has 106 valence electrons. The lowest BCUT2D eigenvalue weighted by molar-refractivity contribution is 0.0624. The molecular formula is C14H26FNO2. The van der Waals surface area contributed by atoms with Gasteiger partial charge in [-0.1, -0.05) is 39.0 Å². The van der Waals surface area contributed by atoms with Crippen LogP contribution in [0.25, 0.3) is 0 Å². The number of hydrogen-bond acceptors (Lipinski definition) is 2. The van der Waals surface area contributed by atoms with Gasteiger partial charge in [-0.3, -0.25) is 0 Å². The summed E-state index contributed by atoms with van der Waals surface area (Å²) in [6, 6.07) is 0.0304. The number of carbonyl (C=O) groups is 1. The molecule has 0 aromatic rings. The van der Waals surface area contributed by atoms with Gasteiger partial charge in [0.1, 0.15) is 6.17 Å². The standard InChI is InChI=1S/C14H26FNO2/c1-3-4-5-6-7-8-13-11-12(15)9-10-16(13)14(17)18-2/h12-13H,3-11H2,1-2H3. The van der Waals surface area contributed by atoms with Gasteiger partial charge in [0.15, 0.2) is 0 Å². The van der Waals surface area contributed by atoms with Crippen LogP contribution in [0.4, 0.5) is 9.18 Å². The van der Waals surface area contributed by atoms with Crippen LogP contribution in [0.1, 0.15) is 58.3 Å². The Balaban J connectivity index is 2.34. The van der Waals surface area contributed by atoms with Crippen LogP contribution in [-0.2, 0) is 4.74 Å². The molecule has 2 atom stereocenters. The van der Waals surface area contributed by atoms with Gasteiger partial charge in [0.2, 0.25) is 0 Å². The first-order chi connectivity index (χ1) is 8.69. The topological polar surface area (TPSA) is 29.5 Å². The average Bonchev–Trinajstić information content (AvgIpc) is 2.38. The van der Waals surface area contributed by atoms with E-state index in [4.69, 9.17) is 4.74 Å². The highest BCUT2D eigenvalue weighted by molar-refractivity contribution is 5.68. The van der Waals surface area contributed by atoms with Crippen LogP contribution < -0.4 is 0 Å². The third-order valence-electron chi connectivity index (χ3n) is 3.70. The fourth-order valence-corrected chi connectivity index (χ4v) is 2.62. The van der Waals surface area contributed by atoms with Crippen molar-refractivity contribution in [3.63, 3.8) is 0 Å². The van der Waals surface area contributed by atoms with Gasteiger partial charge in [0.25, 0.3) is 0 Å². The van der Waals surface area contributed by atoms with Crippen molar-refractivity contribution in [2.45, 2.75) is 70.5 Å². The molecule has 0 radical (unpaired) electrons. The largest absolute Gasteiger partial charge is 0.453 e. The Hall–Kier alpha value is -0.800. The molecule has 1 amide bonds. The maximum absolute atomic E-state index is 13.4. The Kier molecular flexibility index (Phi) is 7.06. The van der Waals surface area contributed by atoms with E-state index in [0.29, 0.717) is 19.4 Å². The summed E-state index contributed by atoms with van der Waals surface area (Å²) >= 11 is 0. The van der Waals surface area contributed by atoms with E-state index in [0.717, 1.165) is 12.8 Å². The molecule has 1 rings (SSSR count). The first kappa shape index (κ1) is 15.3. The molecule has 0 aliphatic carbocycles. The van der Waals surface area contributed by atoms with Gasteiger partial charge in [-0.2, -0.15) is 0 Å². The number of rotatable bonds is 6. The molecule has 0 bridgehead atoms. The molecule has 4 heteroatoms. The summed E-state index contributed by atoms with van der Waals surface area (Å²) in [6.45, 7) is 2.68. The van der Waals surface area contributed by atoms with Crippen LogP contribution in [0.2, 0.25) is 0 Å². The van der Waals surface area contributed by atoms with Crippen molar-refractivity contribution >= 4 is 6.09 Å². The maximum atomic E-state index is 13.4. The van der Waals surface area contributed by atoms with E-state index >= 15 is 0 Å². The number of likely N-dealkylation sites (tertiary alicyclic amines) is 1. The Morgan fingerprint density at radius 2 is 2.06 bits per heavy atom. The van der Waals surface area contributed by atoms with Crippen molar-refractivity contribution in [1.82, 2.24) is 4.90 Å². The zero-order valence-electron chi connectivity index (χ0n) is 11.7. The van der Waals surface area contributed by atoms with Gasteiger partial charge in [-0.15, -0.1) is 0 Å². The number of nitrogens with zero attached hydrogens (tertiary/aromatic N) is 1. The van der Waals surface area contributed by atoms with Crippen LogP contribution >= 0.6 is 0 Å². The summed E-state index contributed by atoms with van der Waals surface area (Å²) in [5, 5.41) is 0. The smallest absolute Gasteiger partial charge is 0.409 e. The number of alkyl halides is 1. The third kappa shape index (κ3) is 4.83. The molecule has 0 spiro atoms. The fourth-order valence-electron chi connectivity index (χ4n) is 2.62. The first-order valence-electron chi connectivity index (χ1n) is 7.17. The van der Waals surface area contributed by atoms with E-state index in [1.165, 1.54) is 32.8 Å². The molecule has 1 heterocycles. The summed E-state index contributed by atoms with van der Waals surface area (Å²) in [6.07, 6.45) is 6.74. The normalized spacial score (nSPS) is 24.1. The second kappa shape index (κ2) is 8.33. The van der Waals surface area contributed by atoms with Crippen molar-refractivity contribution in [3.8, 4) is 0 Å².